The molecule has 1 aliphatic rings. The molecule has 23 heavy (non-hydrogen) atoms. The number of benzene rings is 2. The molecule has 1 fully saturated rings. The van der Waals surface area contributed by atoms with E-state index < -0.39 is 0 Å². The van der Waals surface area contributed by atoms with Gasteiger partial charge in [0, 0.05) is 0 Å². The van der Waals surface area contributed by atoms with E-state index in [2.05, 4.69) is 12.1 Å². The quantitative estimate of drug-likeness (QED) is 0.874. The molecule has 3 heteroatoms. The molecule has 2 atom stereocenters. The van der Waals surface area contributed by atoms with Crippen molar-refractivity contribution in [2.75, 3.05) is 7.11 Å². The van der Waals surface area contributed by atoms with Crippen LogP contribution in [0.2, 0.25) is 0 Å². The van der Waals surface area contributed by atoms with Crippen molar-refractivity contribution in [3.8, 4) is 11.5 Å². The van der Waals surface area contributed by atoms with Crippen LogP contribution in [0.4, 0.5) is 0 Å². The summed E-state index contributed by atoms with van der Waals surface area (Å²) in [6.45, 7) is 0. The summed E-state index contributed by atoms with van der Waals surface area (Å²) < 4.78 is 11.5. The van der Waals surface area contributed by atoms with E-state index in [-0.39, 0.29) is 6.10 Å². The molecule has 1 N–H and O–H groups in total. The zero-order valence-corrected chi connectivity index (χ0v) is 13.6. The van der Waals surface area contributed by atoms with E-state index in [9.17, 15) is 5.11 Å². The van der Waals surface area contributed by atoms with E-state index >= 15 is 0 Å². The van der Waals surface area contributed by atoms with Crippen LogP contribution in [-0.2, 0) is 11.2 Å². The molecule has 1 heterocycles. The molecule has 2 aromatic carbocycles. The van der Waals surface area contributed by atoms with Gasteiger partial charge in [-0.1, -0.05) is 24.3 Å². The minimum atomic E-state index is 0.158. The molecule has 0 spiro atoms. The Balaban J connectivity index is 1.54. The van der Waals surface area contributed by atoms with Gasteiger partial charge in [-0.05, 0) is 67.5 Å². The van der Waals surface area contributed by atoms with E-state index in [1.165, 1.54) is 12.0 Å². The molecule has 0 bridgehead atoms. The SMILES string of the molecule is COc1ccc(CC[C@@H]2CCC[C@H](c3ccc(O)cc3)O2)cc1. The van der Waals surface area contributed by atoms with Gasteiger partial charge in [0.1, 0.15) is 11.5 Å². The van der Waals surface area contributed by atoms with Crippen LogP contribution >= 0.6 is 0 Å². The van der Waals surface area contributed by atoms with E-state index in [0.717, 1.165) is 37.0 Å². The highest BCUT2D eigenvalue weighted by Crippen LogP contribution is 2.33. The number of phenols is 1. The molecule has 2 aromatic rings. The molecule has 1 aliphatic heterocycles. The van der Waals surface area contributed by atoms with Crippen molar-refractivity contribution in [1.29, 1.82) is 0 Å². The molecule has 0 radical (unpaired) electrons. The van der Waals surface area contributed by atoms with Crippen molar-refractivity contribution < 1.29 is 14.6 Å². The predicted octanol–water partition coefficient (Wildman–Crippen LogP) is 4.64. The predicted molar refractivity (Wildman–Crippen MR) is 90.9 cm³/mol. The minimum absolute atomic E-state index is 0.158. The molecule has 0 amide bonds. The number of phenolic OH excluding ortho intramolecular Hbond substituents is 1. The summed E-state index contributed by atoms with van der Waals surface area (Å²) in [4.78, 5) is 0. The average Bonchev–Trinajstić information content (AvgIpc) is 2.61. The number of rotatable bonds is 5. The Morgan fingerprint density at radius 1 is 1.04 bits per heavy atom. The number of hydrogen-bond acceptors (Lipinski definition) is 3. The molecule has 122 valence electrons. The van der Waals surface area contributed by atoms with Gasteiger partial charge in [-0.25, -0.2) is 0 Å². The second kappa shape index (κ2) is 7.51. The molecule has 0 aromatic heterocycles. The topological polar surface area (TPSA) is 38.7 Å². The second-order valence-electron chi connectivity index (χ2n) is 6.16. The number of aromatic hydroxyl groups is 1. The van der Waals surface area contributed by atoms with E-state index in [1.807, 2.05) is 24.3 Å². The van der Waals surface area contributed by atoms with Crippen LogP contribution in [0.5, 0.6) is 11.5 Å². The minimum Gasteiger partial charge on any atom is -0.508 e. The Hall–Kier alpha value is -2.00. The van der Waals surface area contributed by atoms with Gasteiger partial charge in [-0.15, -0.1) is 0 Å². The molecule has 0 unspecified atom stereocenters. The van der Waals surface area contributed by atoms with Gasteiger partial charge in [-0.2, -0.15) is 0 Å². The summed E-state index contributed by atoms with van der Waals surface area (Å²) in [5, 5.41) is 9.40. The van der Waals surface area contributed by atoms with Crippen LogP contribution in [-0.4, -0.2) is 18.3 Å². The fourth-order valence-corrected chi connectivity index (χ4v) is 3.17. The first kappa shape index (κ1) is 15.9. The summed E-state index contributed by atoms with van der Waals surface area (Å²) in [6.07, 6.45) is 5.92. The molecular formula is C20H24O3. The fraction of sp³-hybridized carbons (Fsp3) is 0.400. The maximum Gasteiger partial charge on any atom is 0.118 e. The van der Waals surface area contributed by atoms with Gasteiger partial charge < -0.3 is 14.6 Å². The van der Waals surface area contributed by atoms with Gasteiger partial charge in [0.2, 0.25) is 0 Å². The van der Waals surface area contributed by atoms with E-state index in [4.69, 9.17) is 9.47 Å². The lowest BCUT2D eigenvalue weighted by molar-refractivity contribution is -0.0546. The lowest BCUT2D eigenvalue weighted by Gasteiger charge is -2.30. The number of methoxy groups -OCH3 is 1. The first-order chi connectivity index (χ1) is 11.2. The lowest BCUT2D eigenvalue weighted by atomic mass is 9.95. The van der Waals surface area contributed by atoms with Gasteiger partial charge in [-0.3, -0.25) is 0 Å². The zero-order chi connectivity index (χ0) is 16.1. The van der Waals surface area contributed by atoms with Gasteiger partial charge in [0.15, 0.2) is 0 Å². The van der Waals surface area contributed by atoms with Gasteiger partial charge in [0.05, 0.1) is 19.3 Å². The molecular weight excluding hydrogens is 288 g/mol. The summed E-state index contributed by atoms with van der Waals surface area (Å²) in [5.41, 5.74) is 2.48. The molecule has 3 nitrogen and oxygen atoms in total. The summed E-state index contributed by atoms with van der Waals surface area (Å²) in [7, 11) is 1.69. The third kappa shape index (κ3) is 4.26. The Bertz CT molecular complexity index is 604. The van der Waals surface area contributed by atoms with Crippen molar-refractivity contribution in [1.82, 2.24) is 0 Å². The van der Waals surface area contributed by atoms with Crippen molar-refractivity contribution >= 4 is 0 Å². The second-order valence-corrected chi connectivity index (χ2v) is 6.16. The maximum absolute atomic E-state index is 9.40. The highest BCUT2D eigenvalue weighted by molar-refractivity contribution is 5.28. The van der Waals surface area contributed by atoms with Crippen molar-refractivity contribution in [3.05, 3.63) is 59.7 Å². The third-order valence-corrected chi connectivity index (χ3v) is 4.53. The van der Waals surface area contributed by atoms with Crippen LogP contribution in [0, 0.1) is 0 Å². The maximum atomic E-state index is 9.40. The van der Waals surface area contributed by atoms with E-state index in [1.54, 1.807) is 19.2 Å². The fourth-order valence-electron chi connectivity index (χ4n) is 3.17. The largest absolute Gasteiger partial charge is 0.508 e. The Morgan fingerprint density at radius 2 is 1.78 bits per heavy atom. The molecule has 1 saturated heterocycles. The lowest BCUT2D eigenvalue weighted by Crippen LogP contribution is -2.23. The normalized spacial score (nSPS) is 21.1. The standard InChI is InChI=1S/C20H24O3/c1-22-18-12-5-15(6-13-18)7-14-19-3-2-4-20(23-19)16-8-10-17(21)11-9-16/h5-6,8-13,19-21H,2-4,7,14H2,1H3/t19-,20+/m0/s1. The molecule has 0 aliphatic carbocycles. The summed E-state index contributed by atoms with van der Waals surface area (Å²) in [6, 6.07) is 15.7. The first-order valence-corrected chi connectivity index (χ1v) is 8.32. The van der Waals surface area contributed by atoms with Crippen LogP contribution in [0.3, 0.4) is 0 Å². The zero-order valence-electron chi connectivity index (χ0n) is 13.6. The van der Waals surface area contributed by atoms with Crippen molar-refractivity contribution in [2.24, 2.45) is 0 Å². The van der Waals surface area contributed by atoms with Crippen LogP contribution in [0.25, 0.3) is 0 Å². The Morgan fingerprint density at radius 3 is 2.48 bits per heavy atom. The van der Waals surface area contributed by atoms with Gasteiger partial charge >= 0.3 is 0 Å². The number of aryl methyl sites for hydroxylation is 1. The third-order valence-electron chi connectivity index (χ3n) is 4.53. The number of hydrogen-bond donors (Lipinski definition) is 1. The Labute approximate surface area is 137 Å². The molecule has 0 saturated carbocycles. The van der Waals surface area contributed by atoms with Crippen LogP contribution in [0.1, 0.15) is 42.9 Å². The van der Waals surface area contributed by atoms with E-state index in [0.29, 0.717) is 11.9 Å². The van der Waals surface area contributed by atoms with Crippen LogP contribution < -0.4 is 4.74 Å². The summed E-state index contributed by atoms with van der Waals surface area (Å²) >= 11 is 0. The van der Waals surface area contributed by atoms with Crippen molar-refractivity contribution in [2.45, 2.75) is 44.3 Å². The monoisotopic (exact) mass is 312 g/mol. The smallest absolute Gasteiger partial charge is 0.118 e. The molecule has 3 rings (SSSR count). The van der Waals surface area contributed by atoms with Crippen LogP contribution in [0.15, 0.2) is 48.5 Å². The first-order valence-electron chi connectivity index (χ1n) is 8.32. The highest BCUT2D eigenvalue weighted by atomic mass is 16.5. The van der Waals surface area contributed by atoms with Gasteiger partial charge in [0.25, 0.3) is 0 Å². The number of ether oxygens (including phenoxy) is 2. The highest BCUT2D eigenvalue weighted by Gasteiger charge is 2.23. The summed E-state index contributed by atoms with van der Waals surface area (Å²) in [5.74, 6) is 1.20. The average molecular weight is 312 g/mol. The Kier molecular flexibility index (Phi) is 5.19. The van der Waals surface area contributed by atoms with Crippen molar-refractivity contribution in [3.63, 3.8) is 0 Å².